The highest BCUT2D eigenvalue weighted by Gasteiger charge is 2.04. The molecule has 0 aromatic carbocycles. The summed E-state index contributed by atoms with van der Waals surface area (Å²) in [6, 6.07) is 4.11. The molecule has 0 saturated heterocycles. The molecule has 1 heterocycles. The fourth-order valence-electron chi connectivity index (χ4n) is 0.648. The molecular formula is C7H4F2N2O. The number of rotatable bonds is 2. The number of nitriles is 1. The monoisotopic (exact) mass is 170 g/mol. The molecule has 0 aliphatic carbocycles. The summed E-state index contributed by atoms with van der Waals surface area (Å²) in [4.78, 5) is 3.58. The molecule has 0 fully saturated rings. The van der Waals surface area contributed by atoms with E-state index in [1.54, 1.807) is 6.07 Å². The van der Waals surface area contributed by atoms with E-state index in [1.165, 1.54) is 12.3 Å². The Hall–Kier alpha value is -1.70. The van der Waals surface area contributed by atoms with E-state index in [-0.39, 0.29) is 11.4 Å². The van der Waals surface area contributed by atoms with Gasteiger partial charge in [-0.05, 0) is 6.07 Å². The quantitative estimate of drug-likeness (QED) is 0.676. The summed E-state index contributed by atoms with van der Waals surface area (Å²) in [6.07, 6.45) is 1.23. The molecule has 5 heteroatoms. The van der Waals surface area contributed by atoms with E-state index in [4.69, 9.17) is 5.26 Å². The van der Waals surface area contributed by atoms with Crippen LogP contribution in [0.3, 0.4) is 0 Å². The molecule has 1 rings (SSSR count). The molecule has 0 N–H and O–H groups in total. The Morgan fingerprint density at radius 1 is 1.58 bits per heavy atom. The molecule has 0 saturated carbocycles. The van der Waals surface area contributed by atoms with Crippen LogP contribution in [0.5, 0.6) is 5.75 Å². The first-order valence-electron chi connectivity index (χ1n) is 3.03. The molecule has 0 atom stereocenters. The van der Waals surface area contributed by atoms with Gasteiger partial charge in [0, 0.05) is 12.3 Å². The van der Waals surface area contributed by atoms with Crippen LogP contribution < -0.4 is 4.74 Å². The zero-order valence-corrected chi connectivity index (χ0v) is 5.87. The highest BCUT2D eigenvalue weighted by atomic mass is 19.3. The molecule has 1 aromatic rings. The van der Waals surface area contributed by atoms with Crippen LogP contribution in [0.4, 0.5) is 8.78 Å². The van der Waals surface area contributed by atoms with Crippen molar-refractivity contribution in [3.05, 3.63) is 24.0 Å². The molecular weight excluding hydrogens is 166 g/mol. The maximum Gasteiger partial charge on any atom is 0.387 e. The fourth-order valence-corrected chi connectivity index (χ4v) is 0.648. The van der Waals surface area contributed by atoms with Crippen molar-refractivity contribution >= 4 is 0 Å². The third-order valence-electron chi connectivity index (χ3n) is 1.07. The van der Waals surface area contributed by atoms with E-state index in [1.807, 2.05) is 0 Å². The van der Waals surface area contributed by atoms with Crippen molar-refractivity contribution < 1.29 is 13.5 Å². The van der Waals surface area contributed by atoms with Crippen LogP contribution in [0.2, 0.25) is 0 Å². The van der Waals surface area contributed by atoms with E-state index in [2.05, 4.69) is 9.72 Å². The maximum atomic E-state index is 11.6. The van der Waals surface area contributed by atoms with Gasteiger partial charge >= 0.3 is 6.61 Å². The minimum absolute atomic E-state index is 0.0492. The number of halogens is 2. The largest absolute Gasteiger partial charge is 0.435 e. The standard InChI is InChI=1S/C7H4F2N2O/c8-7(9)12-6-1-2-11-5(3-6)4-10/h1-3,7H. The minimum atomic E-state index is -2.88. The first kappa shape index (κ1) is 8.40. The highest BCUT2D eigenvalue weighted by molar-refractivity contribution is 5.29. The van der Waals surface area contributed by atoms with Crippen LogP contribution in [0.25, 0.3) is 0 Å². The fraction of sp³-hybridized carbons (Fsp3) is 0.143. The van der Waals surface area contributed by atoms with Gasteiger partial charge in [-0.25, -0.2) is 4.98 Å². The van der Waals surface area contributed by atoms with Crippen LogP contribution in [-0.4, -0.2) is 11.6 Å². The van der Waals surface area contributed by atoms with Crippen molar-refractivity contribution in [2.45, 2.75) is 6.61 Å². The molecule has 0 bridgehead atoms. The second-order valence-electron chi connectivity index (χ2n) is 1.87. The van der Waals surface area contributed by atoms with Gasteiger partial charge in [-0.2, -0.15) is 14.0 Å². The van der Waals surface area contributed by atoms with Crippen molar-refractivity contribution in [3.63, 3.8) is 0 Å². The normalized spacial score (nSPS) is 9.50. The molecule has 0 aliphatic rings. The van der Waals surface area contributed by atoms with Gasteiger partial charge in [0.15, 0.2) is 0 Å². The summed E-state index contributed by atoms with van der Waals surface area (Å²) >= 11 is 0. The number of ether oxygens (including phenoxy) is 1. The Morgan fingerprint density at radius 2 is 2.33 bits per heavy atom. The van der Waals surface area contributed by atoms with Crippen molar-refractivity contribution in [1.29, 1.82) is 5.26 Å². The lowest BCUT2D eigenvalue weighted by atomic mass is 10.3. The maximum absolute atomic E-state index is 11.6. The molecule has 62 valence electrons. The summed E-state index contributed by atoms with van der Waals surface area (Å²) < 4.78 is 27.3. The van der Waals surface area contributed by atoms with Crippen molar-refractivity contribution in [2.24, 2.45) is 0 Å². The molecule has 0 radical (unpaired) electrons. The number of hydrogen-bond donors (Lipinski definition) is 0. The van der Waals surface area contributed by atoms with E-state index in [9.17, 15) is 8.78 Å². The van der Waals surface area contributed by atoms with Gasteiger partial charge in [-0.15, -0.1) is 0 Å². The Balaban J connectivity index is 2.81. The van der Waals surface area contributed by atoms with Crippen LogP contribution in [0.15, 0.2) is 18.3 Å². The molecule has 0 amide bonds. The van der Waals surface area contributed by atoms with Gasteiger partial charge < -0.3 is 4.74 Å². The number of aromatic nitrogens is 1. The topological polar surface area (TPSA) is 45.9 Å². The molecule has 12 heavy (non-hydrogen) atoms. The van der Waals surface area contributed by atoms with Gasteiger partial charge in [0.25, 0.3) is 0 Å². The summed E-state index contributed by atoms with van der Waals surface area (Å²) in [5.41, 5.74) is 0.0492. The zero-order chi connectivity index (χ0) is 8.97. The average Bonchev–Trinajstić information content (AvgIpc) is 2.03. The van der Waals surface area contributed by atoms with Crippen molar-refractivity contribution in [3.8, 4) is 11.8 Å². The van der Waals surface area contributed by atoms with Crippen molar-refractivity contribution in [2.75, 3.05) is 0 Å². The number of hydrogen-bond acceptors (Lipinski definition) is 3. The van der Waals surface area contributed by atoms with Gasteiger partial charge in [0.1, 0.15) is 17.5 Å². The lowest BCUT2D eigenvalue weighted by Gasteiger charge is -2.02. The van der Waals surface area contributed by atoms with Gasteiger partial charge in [0.2, 0.25) is 0 Å². The Morgan fingerprint density at radius 3 is 2.92 bits per heavy atom. The minimum Gasteiger partial charge on any atom is -0.435 e. The lowest BCUT2D eigenvalue weighted by molar-refractivity contribution is -0.0499. The van der Waals surface area contributed by atoms with E-state index in [0.29, 0.717) is 0 Å². The molecule has 3 nitrogen and oxygen atoms in total. The predicted octanol–water partition coefficient (Wildman–Crippen LogP) is 1.55. The summed E-state index contributed by atoms with van der Waals surface area (Å²) in [6.45, 7) is -2.88. The Labute approximate surface area is 67.2 Å². The van der Waals surface area contributed by atoms with E-state index in [0.717, 1.165) is 6.07 Å². The third-order valence-corrected chi connectivity index (χ3v) is 1.07. The first-order valence-corrected chi connectivity index (χ1v) is 3.03. The van der Waals surface area contributed by atoms with Crippen LogP contribution in [0.1, 0.15) is 5.69 Å². The van der Waals surface area contributed by atoms with Crippen LogP contribution in [-0.2, 0) is 0 Å². The number of pyridine rings is 1. The SMILES string of the molecule is N#Cc1cc(OC(F)F)ccn1. The molecule has 0 aliphatic heterocycles. The first-order chi connectivity index (χ1) is 5.72. The molecule has 1 aromatic heterocycles. The van der Waals surface area contributed by atoms with E-state index < -0.39 is 6.61 Å². The average molecular weight is 170 g/mol. The Kier molecular flexibility index (Phi) is 2.53. The second-order valence-corrected chi connectivity index (χ2v) is 1.87. The van der Waals surface area contributed by atoms with Crippen LogP contribution >= 0.6 is 0 Å². The van der Waals surface area contributed by atoms with Gasteiger partial charge in [-0.3, -0.25) is 0 Å². The van der Waals surface area contributed by atoms with Crippen molar-refractivity contribution in [1.82, 2.24) is 4.98 Å². The van der Waals surface area contributed by atoms with Gasteiger partial charge in [-0.1, -0.05) is 0 Å². The smallest absolute Gasteiger partial charge is 0.387 e. The highest BCUT2D eigenvalue weighted by Crippen LogP contribution is 2.12. The van der Waals surface area contributed by atoms with E-state index >= 15 is 0 Å². The second kappa shape index (κ2) is 3.62. The lowest BCUT2D eigenvalue weighted by Crippen LogP contribution is -2.02. The predicted molar refractivity (Wildman–Crippen MR) is 35.6 cm³/mol. The summed E-state index contributed by atoms with van der Waals surface area (Å²) in [7, 11) is 0. The summed E-state index contributed by atoms with van der Waals surface area (Å²) in [5.74, 6) is -0.0587. The number of alkyl halides is 2. The molecule has 0 spiro atoms. The molecule has 0 unspecified atom stereocenters. The zero-order valence-electron chi connectivity index (χ0n) is 5.87. The van der Waals surface area contributed by atoms with Gasteiger partial charge in [0.05, 0.1) is 0 Å². The third kappa shape index (κ3) is 2.16. The number of nitrogens with zero attached hydrogens (tertiary/aromatic N) is 2. The summed E-state index contributed by atoms with van der Waals surface area (Å²) in [5, 5.41) is 8.34. The Bertz CT molecular complexity index is 309. The van der Waals surface area contributed by atoms with Crippen LogP contribution in [0, 0.1) is 11.3 Å².